The lowest BCUT2D eigenvalue weighted by Gasteiger charge is -2.37. The molecule has 2 aliphatic heterocycles. The number of fused-ring (bicyclic) bond motifs is 2. The molecule has 3 heterocycles. The molecule has 2 unspecified atom stereocenters. The second kappa shape index (κ2) is 5.04. The van der Waals surface area contributed by atoms with Crippen LogP contribution in [0.3, 0.4) is 0 Å². The number of aromatic nitrogens is 1. The van der Waals surface area contributed by atoms with Gasteiger partial charge in [-0.1, -0.05) is 6.92 Å². The van der Waals surface area contributed by atoms with E-state index < -0.39 is 0 Å². The highest BCUT2D eigenvalue weighted by Crippen LogP contribution is 2.30. The average Bonchev–Trinajstić information content (AvgIpc) is 2.96. The third-order valence-electron chi connectivity index (χ3n) is 4.22. The van der Waals surface area contributed by atoms with E-state index in [0.29, 0.717) is 0 Å². The van der Waals surface area contributed by atoms with E-state index in [0.717, 1.165) is 31.2 Å². The summed E-state index contributed by atoms with van der Waals surface area (Å²) in [7, 11) is 0. The van der Waals surface area contributed by atoms with Crippen molar-refractivity contribution in [1.82, 2.24) is 15.2 Å². The number of rotatable bonds is 4. The molecule has 2 aliphatic rings. The smallest absolute Gasteiger partial charge is 0.0795 e. The van der Waals surface area contributed by atoms with Crippen LogP contribution >= 0.6 is 11.3 Å². The first-order chi connectivity index (χ1) is 8.35. The molecular weight excluding hydrogens is 230 g/mol. The maximum atomic E-state index is 4.41. The van der Waals surface area contributed by atoms with E-state index in [2.05, 4.69) is 27.5 Å². The van der Waals surface area contributed by atoms with E-state index in [9.17, 15) is 0 Å². The highest BCUT2D eigenvalue weighted by molar-refractivity contribution is 7.07. The van der Waals surface area contributed by atoms with E-state index in [4.69, 9.17) is 0 Å². The fraction of sp³-hybridized carbons (Fsp3) is 0.769. The highest BCUT2D eigenvalue weighted by atomic mass is 32.1. The quantitative estimate of drug-likeness (QED) is 0.889. The minimum Gasteiger partial charge on any atom is -0.311 e. The number of thiazole rings is 1. The van der Waals surface area contributed by atoms with Gasteiger partial charge in [0.25, 0.3) is 0 Å². The predicted molar refractivity (Wildman–Crippen MR) is 71.2 cm³/mol. The van der Waals surface area contributed by atoms with Gasteiger partial charge >= 0.3 is 0 Å². The zero-order valence-electron chi connectivity index (χ0n) is 10.4. The summed E-state index contributed by atoms with van der Waals surface area (Å²) in [6.07, 6.45) is 5.42. The minimum atomic E-state index is 0.764. The molecule has 2 atom stereocenters. The van der Waals surface area contributed by atoms with Crippen LogP contribution < -0.4 is 5.32 Å². The molecule has 0 radical (unpaired) electrons. The molecule has 1 N–H and O–H groups in total. The summed E-state index contributed by atoms with van der Waals surface area (Å²) in [6.45, 7) is 4.45. The fourth-order valence-corrected chi connectivity index (χ4v) is 3.90. The summed E-state index contributed by atoms with van der Waals surface area (Å²) >= 11 is 1.70. The Morgan fingerprint density at radius 1 is 1.41 bits per heavy atom. The SMILES string of the molecule is CCN(Cc1cscn1)C1CC2CCC(C1)N2. The van der Waals surface area contributed by atoms with Crippen LogP contribution in [0.5, 0.6) is 0 Å². The first kappa shape index (κ1) is 11.6. The Hall–Kier alpha value is -0.450. The van der Waals surface area contributed by atoms with E-state index >= 15 is 0 Å². The second-order valence-corrected chi connectivity index (χ2v) is 6.02. The van der Waals surface area contributed by atoms with Crippen molar-refractivity contribution in [1.29, 1.82) is 0 Å². The Morgan fingerprint density at radius 2 is 2.18 bits per heavy atom. The van der Waals surface area contributed by atoms with Crippen molar-refractivity contribution in [3.63, 3.8) is 0 Å². The summed E-state index contributed by atoms with van der Waals surface area (Å²) in [6, 6.07) is 2.33. The van der Waals surface area contributed by atoms with Gasteiger partial charge < -0.3 is 5.32 Å². The van der Waals surface area contributed by atoms with Gasteiger partial charge in [-0.25, -0.2) is 4.98 Å². The van der Waals surface area contributed by atoms with Crippen LogP contribution in [-0.4, -0.2) is 34.6 Å². The van der Waals surface area contributed by atoms with Crippen LogP contribution in [0.15, 0.2) is 10.9 Å². The molecule has 2 saturated heterocycles. The molecule has 0 saturated carbocycles. The lowest BCUT2D eigenvalue weighted by molar-refractivity contribution is 0.139. The second-order valence-electron chi connectivity index (χ2n) is 5.31. The van der Waals surface area contributed by atoms with Crippen LogP contribution in [0.2, 0.25) is 0 Å². The third kappa shape index (κ3) is 2.54. The Balaban J connectivity index is 1.64. The monoisotopic (exact) mass is 251 g/mol. The third-order valence-corrected chi connectivity index (χ3v) is 4.85. The lowest BCUT2D eigenvalue weighted by atomic mass is 9.98. The number of piperidine rings is 1. The predicted octanol–water partition coefficient (Wildman–Crippen LogP) is 2.25. The van der Waals surface area contributed by atoms with E-state index in [-0.39, 0.29) is 0 Å². The number of hydrogen-bond donors (Lipinski definition) is 1. The van der Waals surface area contributed by atoms with Crippen LogP contribution in [0.4, 0.5) is 0 Å². The first-order valence-corrected chi connectivity index (χ1v) is 7.66. The van der Waals surface area contributed by atoms with Gasteiger partial charge in [-0.2, -0.15) is 0 Å². The molecular formula is C13H21N3S. The van der Waals surface area contributed by atoms with Crippen LogP contribution in [-0.2, 0) is 6.54 Å². The van der Waals surface area contributed by atoms with Gasteiger partial charge in [0.05, 0.1) is 11.2 Å². The van der Waals surface area contributed by atoms with Crippen molar-refractivity contribution >= 4 is 11.3 Å². The van der Waals surface area contributed by atoms with Gasteiger partial charge in [-0.05, 0) is 32.2 Å². The van der Waals surface area contributed by atoms with Crippen molar-refractivity contribution in [3.05, 3.63) is 16.6 Å². The maximum Gasteiger partial charge on any atom is 0.0795 e. The molecule has 0 aromatic carbocycles. The molecule has 4 heteroatoms. The van der Waals surface area contributed by atoms with E-state index in [1.165, 1.54) is 31.4 Å². The average molecular weight is 251 g/mol. The van der Waals surface area contributed by atoms with Crippen LogP contribution in [0.25, 0.3) is 0 Å². The standard InChI is InChI=1S/C13H21N3S/c1-2-16(7-12-8-17-9-14-12)13-5-10-3-4-11(6-13)15-10/h8-11,13,15H,2-7H2,1H3. The zero-order chi connectivity index (χ0) is 11.7. The van der Waals surface area contributed by atoms with Crippen molar-refractivity contribution in [2.45, 2.75) is 57.3 Å². The number of nitrogens with one attached hydrogen (secondary N) is 1. The topological polar surface area (TPSA) is 28.2 Å². The Morgan fingerprint density at radius 3 is 2.76 bits per heavy atom. The lowest BCUT2D eigenvalue weighted by Crippen LogP contribution is -2.47. The number of nitrogens with zero attached hydrogens (tertiary/aromatic N) is 2. The van der Waals surface area contributed by atoms with Gasteiger partial charge in [0, 0.05) is 30.1 Å². The highest BCUT2D eigenvalue weighted by Gasteiger charge is 2.35. The number of hydrogen-bond acceptors (Lipinski definition) is 4. The molecule has 2 fully saturated rings. The molecule has 1 aromatic rings. The maximum absolute atomic E-state index is 4.41. The summed E-state index contributed by atoms with van der Waals surface area (Å²) in [5, 5.41) is 5.90. The molecule has 2 bridgehead atoms. The Labute approximate surface area is 107 Å². The summed E-state index contributed by atoms with van der Waals surface area (Å²) in [5.74, 6) is 0. The van der Waals surface area contributed by atoms with Crippen molar-refractivity contribution in [3.8, 4) is 0 Å². The molecule has 0 spiro atoms. The normalized spacial score (nSPS) is 32.2. The van der Waals surface area contributed by atoms with Gasteiger partial charge in [0.15, 0.2) is 0 Å². The Kier molecular flexibility index (Phi) is 3.45. The summed E-state index contributed by atoms with van der Waals surface area (Å²) < 4.78 is 0. The molecule has 3 rings (SSSR count). The largest absolute Gasteiger partial charge is 0.311 e. The van der Waals surface area contributed by atoms with E-state index in [1.54, 1.807) is 11.3 Å². The van der Waals surface area contributed by atoms with Gasteiger partial charge in [-0.15, -0.1) is 11.3 Å². The van der Waals surface area contributed by atoms with Gasteiger partial charge in [0.2, 0.25) is 0 Å². The molecule has 3 nitrogen and oxygen atoms in total. The van der Waals surface area contributed by atoms with Gasteiger partial charge in [-0.3, -0.25) is 4.90 Å². The molecule has 0 aliphatic carbocycles. The Bertz CT molecular complexity index is 340. The van der Waals surface area contributed by atoms with Crippen molar-refractivity contribution in [2.75, 3.05) is 6.54 Å². The van der Waals surface area contributed by atoms with Gasteiger partial charge in [0.1, 0.15) is 0 Å². The first-order valence-electron chi connectivity index (χ1n) is 6.72. The summed E-state index contributed by atoms with van der Waals surface area (Å²) in [5.41, 5.74) is 3.18. The molecule has 17 heavy (non-hydrogen) atoms. The van der Waals surface area contributed by atoms with Crippen LogP contribution in [0.1, 0.15) is 38.3 Å². The van der Waals surface area contributed by atoms with Crippen molar-refractivity contribution in [2.24, 2.45) is 0 Å². The summed E-state index contributed by atoms with van der Waals surface area (Å²) in [4.78, 5) is 7.03. The minimum absolute atomic E-state index is 0.764. The fourth-order valence-electron chi connectivity index (χ4n) is 3.35. The molecule has 1 aromatic heterocycles. The van der Waals surface area contributed by atoms with E-state index in [1.807, 2.05) is 5.51 Å². The molecule has 94 valence electrons. The van der Waals surface area contributed by atoms with Crippen molar-refractivity contribution < 1.29 is 0 Å². The zero-order valence-corrected chi connectivity index (χ0v) is 11.2. The molecule has 0 amide bonds. The van der Waals surface area contributed by atoms with Crippen LogP contribution in [0, 0.1) is 0 Å².